The van der Waals surface area contributed by atoms with E-state index in [1.54, 1.807) is 12.1 Å². The lowest BCUT2D eigenvalue weighted by Gasteiger charge is -2.09. The summed E-state index contributed by atoms with van der Waals surface area (Å²) in [5.41, 5.74) is 1.74. The van der Waals surface area contributed by atoms with Crippen LogP contribution in [0.5, 0.6) is 11.5 Å². The number of rotatable bonds is 6. The molecule has 0 atom stereocenters. The molecule has 0 unspecified atom stereocenters. The molecule has 2 rings (SSSR count). The van der Waals surface area contributed by atoms with Crippen LogP contribution in [-0.4, -0.2) is 13.2 Å². The normalized spacial score (nSPS) is 9.80. The fraction of sp³-hybridized carbons (Fsp3) is 0.235. The molecule has 2 aromatic rings. The number of benzene rings is 2. The van der Waals surface area contributed by atoms with Crippen molar-refractivity contribution in [1.29, 1.82) is 5.26 Å². The van der Waals surface area contributed by atoms with Crippen LogP contribution < -0.4 is 9.47 Å². The van der Waals surface area contributed by atoms with Gasteiger partial charge in [-0.1, -0.05) is 24.3 Å². The molecule has 0 spiro atoms. The van der Waals surface area contributed by atoms with Gasteiger partial charge in [0.25, 0.3) is 0 Å². The molecule has 0 saturated heterocycles. The van der Waals surface area contributed by atoms with Crippen molar-refractivity contribution < 1.29 is 9.47 Å². The first kappa shape index (κ1) is 14.0. The molecule has 20 heavy (non-hydrogen) atoms. The smallest absolute Gasteiger partial charge is 0.137 e. The molecule has 0 bridgehead atoms. The lowest BCUT2D eigenvalue weighted by Crippen LogP contribution is -2.05. The van der Waals surface area contributed by atoms with Gasteiger partial charge >= 0.3 is 0 Å². The molecular weight excluding hydrogens is 250 g/mol. The zero-order chi connectivity index (χ0) is 14.2. The monoisotopic (exact) mass is 267 g/mol. The summed E-state index contributed by atoms with van der Waals surface area (Å²) in [5, 5.41) is 8.94. The van der Waals surface area contributed by atoms with Crippen molar-refractivity contribution in [3.05, 3.63) is 59.7 Å². The van der Waals surface area contributed by atoms with E-state index in [9.17, 15) is 0 Å². The molecule has 0 N–H and O–H groups in total. The van der Waals surface area contributed by atoms with Gasteiger partial charge in [0.1, 0.15) is 17.6 Å². The Morgan fingerprint density at radius 2 is 1.80 bits per heavy atom. The largest absolute Gasteiger partial charge is 0.493 e. The Labute approximate surface area is 119 Å². The lowest BCUT2D eigenvalue weighted by molar-refractivity contribution is 0.247. The molecular formula is C17H17NO2. The van der Waals surface area contributed by atoms with Crippen LogP contribution >= 0.6 is 0 Å². The standard InChI is InChI=1S/C17H17NO2/c1-14-6-4-8-16(12-14)19-10-5-11-20-17-9-3-2-7-15(17)13-18/h2-4,6-9,12H,5,10-11H2,1H3. The predicted molar refractivity (Wildman–Crippen MR) is 77.9 cm³/mol. The van der Waals surface area contributed by atoms with Gasteiger partial charge in [-0.05, 0) is 36.8 Å². The van der Waals surface area contributed by atoms with Crippen LogP contribution in [0.3, 0.4) is 0 Å². The molecule has 0 amide bonds. The van der Waals surface area contributed by atoms with Gasteiger partial charge in [-0.2, -0.15) is 5.26 Å². The Balaban J connectivity index is 1.73. The average molecular weight is 267 g/mol. The first-order valence-electron chi connectivity index (χ1n) is 6.61. The van der Waals surface area contributed by atoms with Gasteiger partial charge < -0.3 is 9.47 Å². The van der Waals surface area contributed by atoms with Crippen molar-refractivity contribution in [1.82, 2.24) is 0 Å². The molecule has 0 aliphatic heterocycles. The minimum absolute atomic E-state index is 0.532. The Kier molecular flexibility index (Phi) is 5.02. The summed E-state index contributed by atoms with van der Waals surface area (Å²) in [4.78, 5) is 0. The molecule has 3 heteroatoms. The molecule has 102 valence electrons. The maximum Gasteiger partial charge on any atom is 0.137 e. The van der Waals surface area contributed by atoms with Crippen molar-refractivity contribution in [2.75, 3.05) is 13.2 Å². The predicted octanol–water partition coefficient (Wildman–Crippen LogP) is 3.71. The molecule has 0 saturated carbocycles. The Bertz CT molecular complexity index is 602. The molecule has 0 radical (unpaired) electrons. The molecule has 0 heterocycles. The lowest BCUT2D eigenvalue weighted by atomic mass is 10.2. The van der Waals surface area contributed by atoms with E-state index >= 15 is 0 Å². The summed E-state index contributed by atoms with van der Waals surface area (Å²) in [7, 11) is 0. The van der Waals surface area contributed by atoms with Crippen molar-refractivity contribution in [3.63, 3.8) is 0 Å². The van der Waals surface area contributed by atoms with Gasteiger partial charge in [0.2, 0.25) is 0 Å². The number of aryl methyl sites for hydroxylation is 1. The summed E-state index contributed by atoms with van der Waals surface area (Å²) in [5.74, 6) is 1.51. The van der Waals surface area contributed by atoms with E-state index in [4.69, 9.17) is 14.7 Å². The van der Waals surface area contributed by atoms with Gasteiger partial charge in [-0.25, -0.2) is 0 Å². The number of nitrogens with zero attached hydrogens (tertiary/aromatic N) is 1. The van der Waals surface area contributed by atoms with Crippen molar-refractivity contribution in [2.24, 2.45) is 0 Å². The third kappa shape index (κ3) is 4.03. The Morgan fingerprint density at radius 3 is 2.60 bits per heavy atom. The third-order valence-corrected chi connectivity index (χ3v) is 2.81. The number of para-hydroxylation sites is 1. The number of hydrogen-bond donors (Lipinski definition) is 0. The number of nitriles is 1. The van der Waals surface area contributed by atoms with Crippen molar-refractivity contribution in [3.8, 4) is 17.6 Å². The van der Waals surface area contributed by atoms with Crippen LogP contribution in [0.1, 0.15) is 17.5 Å². The molecule has 0 aliphatic rings. The molecule has 2 aromatic carbocycles. The zero-order valence-electron chi connectivity index (χ0n) is 11.5. The Hall–Kier alpha value is -2.47. The summed E-state index contributed by atoms with van der Waals surface area (Å²) >= 11 is 0. The van der Waals surface area contributed by atoms with E-state index in [2.05, 4.69) is 6.07 Å². The fourth-order valence-corrected chi connectivity index (χ4v) is 1.82. The van der Waals surface area contributed by atoms with Crippen molar-refractivity contribution in [2.45, 2.75) is 13.3 Å². The van der Waals surface area contributed by atoms with E-state index in [0.717, 1.165) is 12.2 Å². The molecule has 0 fully saturated rings. The van der Waals surface area contributed by atoms with Crippen LogP contribution in [-0.2, 0) is 0 Å². The van der Waals surface area contributed by atoms with E-state index in [-0.39, 0.29) is 0 Å². The van der Waals surface area contributed by atoms with Gasteiger partial charge in [0, 0.05) is 6.42 Å². The maximum atomic E-state index is 8.94. The SMILES string of the molecule is Cc1cccc(OCCCOc2ccccc2C#N)c1. The third-order valence-electron chi connectivity index (χ3n) is 2.81. The highest BCUT2D eigenvalue weighted by Gasteiger charge is 2.01. The van der Waals surface area contributed by atoms with Gasteiger partial charge in [-0.15, -0.1) is 0 Å². The van der Waals surface area contributed by atoms with Crippen LogP contribution in [0.25, 0.3) is 0 Å². The zero-order valence-corrected chi connectivity index (χ0v) is 11.5. The summed E-state index contributed by atoms with van der Waals surface area (Å²) in [6.07, 6.45) is 0.772. The summed E-state index contributed by atoms with van der Waals surface area (Å²) < 4.78 is 11.2. The van der Waals surface area contributed by atoms with E-state index in [1.165, 1.54) is 5.56 Å². The quantitative estimate of drug-likeness (QED) is 0.749. The average Bonchev–Trinajstić information content (AvgIpc) is 2.47. The number of hydrogen-bond acceptors (Lipinski definition) is 3. The highest BCUT2D eigenvalue weighted by Crippen LogP contribution is 2.17. The second-order valence-electron chi connectivity index (χ2n) is 4.47. The van der Waals surface area contributed by atoms with E-state index in [0.29, 0.717) is 24.5 Å². The second kappa shape index (κ2) is 7.20. The first-order chi connectivity index (χ1) is 9.79. The highest BCUT2D eigenvalue weighted by molar-refractivity contribution is 5.42. The van der Waals surface area contributed by atoms with Crippen LogP contribution in [0.15, 0.2) is 48.5 Å². The summed E-state index contributed by atoms with van der Waals surface area (Å²) in [6.45, 7) is 3.16. The molecule has 0 aromatic heterocycles. The second-order valence-corrected chi connectivity index (χ2v) is 4.47. The topological polar surface area (TPSA) is 42.2 Å². The molecule has 3 nitrogen and oxygen atoms in total. The Morgan fingerprint density at radius 1 is 1.00 bits per heavy atom. The van der Waals surface area contributed by atoms with Gasteiger partial charge in [0.05, 0.1) is 18.8 Å². The van der Waals surface area contributed by atoms with Crippen LogP contribution in [0.4, 0.5) is 0 Å². The fourth-order valence-electron chi connectivity index (χ4n) is 1.82. The number of ether oxygens (including phenoxy) is 2. The van der Waals surface area contributed by atoms with Gasteiger partial charge in [0.15, 0.2) is 0 Å². The minimum atomic E-state index is 0.532. The first-order valence-corrected chi connectivity index (χ1v) is 6.61. The molecule has 0 aliphatic carbocycles. The van der Waals surface area contributed by atoms with Crippen LogP contribution in [0, 0.1) is 18.3 Å². The van der Waals surface area contributed by atoms with Crippen molar-refractivity contribution >= 4 is 0 Å². The highest BCUT2D eigenvalue weighted by atomic mass is 16.5. The maximum absolute atomic E-state index is 8.94. The van der Waals surface area contributed by atoms with E-state index < -0.39 is 0 Å². The minimum Gasteiger partial charge on any atom is -0.493 e. The van der Waals surface area contributed by atoms with Crippen LogP contribution in [0.2, 0.25) is 0 Å². The van der Waals surface area contributed by atoms with Gasteiger partial charge in [-0.3, -0.25) is 0 Å². The van der Waals surface area contributed by atoms with E-state index in [1.807, 2.05) is 43.3 Å². The summed E-state index contributed by atoms with van der Waals surface area (Å²) in [6, 6.07) is 17.3.